The third kappa shape index (κ3) is 3.18. The molecule has 0 bridgehead atoms. The highest BCUT2D eigenvalue weighted by atomic mass is 16.5. The summed E-state index contributed by atoms with van der Waals surface area (Å²) < 4.78 is 5.73. The summed E-state index contributed by atoms with van der Waals surface area (Å²) in [6, 6.07) is 8.49. The molecule has 1 saturated heterocycles. The maximum atomic E-state index is 12.8. The van der Waals surface area contributed by atoms with Gasteiger partial charge in [-0.1, -0.05) is 24.3 Å². The predicted molar refractivity (Wildman–Crippen MR) is 86.6 cm³/mol. The van der Waals surface area contributed by atoms with Gasteiger partial charge in [-0.25, -0.2) is 0 Å². The summed E-state index contributed by atoms with van der Waals surface area (Å²) in [5, 5.41) is 0. The van der Waals surface area contributed by atoms with Gasteiger partial charge in [0.15, 0.2) is 0 Å². The summed E-state index contributed by atoms with van der Waals surface area (Å²) in [6.07, 6.45) is 1.29. The number of morpholine rings is 1. The Hall–Kier alpha value is -1.39. The Morgan fingerprint density at radius 1 is 1.18 bits per heavy atom. The van der Waals surface area contributed by atoms with Crippen LogP contribution in [0.15, 0.2) is 24.3 Å². The van der Waals surface area contributed by atoms with E-state index in [4.69, 9.17) is 4.74 Å². The van der Waals surface area contributed by atoms with E-state index in [0.717, 1.165) is 19.5 Å². The topological polar surface area (TPSA) is 32.8 Å². The molecule has 2 heterocycles. The Labute approximate surface area is 133 Å². The predicted octanol–water partition coefficient (Wildman–Crippen LogP) is 2.07. The van der Waals surface area contributed by atoms with Crippen LogP contribution in [0.4, 0.5) is 0 Å². The minimum Gasteiger partial charge on any atom is -0.372 e. The van der Waals surface area contributed by atoms with Gasteiger partial charge in [0.05, 0.1) is 18.2 Å². The second-order valence-electron chi connectivity index (χ2n) is 6.67. The lowest BCUT2D eigenvalue weighted by molar-refractivity contribution is -0.148. The standard InChI is InChI=1S/C18H26N2O2/c1-13-10-20(11-14(2)22-13)18(21)15(3)19-9-8-16-6-4-5-7-17(16)12-19/h4-7,13-15H,8-12H2,1-3H3/t13-,14+,15-/m0/s1. The first kappa shape index (κ1) is 15.5. The van der Waals surface area contributed by atoms with Gasteiger partial charge in [-0.15, -0.1) is 0 Å². The third-order valence-corrected chi connectivity index (χ3v) is 4.80. The third-order valence-electron chi connectivity index (χ3n) is 4.80. The molecule has 0 radical (unpaired) electrons. The molecule has 0 aliphatic carbocycles. The first-order valence-electron chi connectivity index (χ1n) is 8.29. The van der Waals surface area contributed by atoms with Crippen molar-refractivity contribution in [2.75, 3.05) is 19.6 Å². The van der Waals surface area contributed by atoms with Crippen LogP contribution < -0.4 is 0 Å². The number of carbonyl (C=O) groups is 1. The highest BCUT2D eigenvalue weighted by Gasteiger charge is 2.32. The molecule has 0 aromatic heterocycles. The van der Waals surface area contributed by atoms with Crippen LogP contribution in [0.1, 0.15) is 31.9 Å². The highest BCUT2D eigenvalue weighted by Crippen LogP contribution is 2.22. The van der Waals surface area contributed by atoms with E-state index in [0.29, 0.717) is 13.1 Å². The lowest BCUT2D eigenvalue weighted by Gasteiger charge is -2.40. The zero-order valence-corrected chi connectivity index (χ0v) is 13.8. The first-order valence-corrected chi connectivity index (χ1v) is 8.29. The van der Waals surface area contributed by atoms with E-state index in [-0.39, 0.29) is 24.2 Å². The average molecular weight is 302 g/mol. The van der Waals surface area contributed by atoms with Gasteiger partial charge >= 0.3 is 0 Å². The SMILES string of the molecule is C[C@@H]1CN(C(=O)[C@H](C)N2CCc3ccccc3C2)C[C@H](C)O1. The van der Waals surface area contributed by atoms with Crippen molar-refractivity contribution >= 4 is 5.91 Å². The van der Waals surface area contributed by atoms with Gasteiger partial charge in [0, 0.05) is 26.2 Å². The van der Waals surface area contributed by atoms with E-state index in [1.165, 1.54) is 11.1 Å². The number of fused-ring (bicyclic) bond motifs is 1. The van der Waals surface area contributed by atoms with Crippen LogP contribution in [0, 0.1) is 0 Å². The van der Waals surface area contributed by atoms with Crippen LogP contribution in [0.3, 0.4) is 0 Å². The number of carbonyl (C=O) groups excluding carboxylic acids is 1. The molecule has 1 aromatic carbocycles. The van der Waals surface area contributed by atoms with Gasteiger partial charge in [-0.3, -0.25) is 9.69 Å². The van der Waals surface area contributed by atoms with E-state index in [9.17, 15) is 4.79 Å². The largest absolute Gasteiger partial charge is 0.372 e. The molecule has 0 unspecified atom stereocenters. The quantitative estimate of drug-likeness (QED) is 0.838. The molecule has 22 heavy (non-hydrogen) atoms. The molecule has 4 heteroatoms. The van der Waals surface area contributed by atoms with Crippen molar-refractivity contribution in [1.29, 1.82) is 0 Å². The highest BCUT2D eigenvalue weighted by molar-refractivity contribution is 5.81. The molecule has 2 aliphatic rings. The van der Waals surface area contributed by atoms with Gasteiger partial charge in [0.2, 0.25) is 5.91 Å². The minimum absolute atomic E-state index is 0.0640. The number of rotatable bonds is 2. The summed E-state index contributed by atoms with van der Waals surface area (Å²) >= 11 is 0. The van der Waals surface area contributed by atoms with Gasteiger partial charge in [-0.05, 0) is 38.3 Å². The van der Waals surface area contributed by atoms with Crippen LogP contribution >= 0.6 is 0 Å². The molecule has 4 nitrogen and oxygen atoms in total. The van der Waals surface area contributed by atoms with Crippen molar-refractivity contribution < 1.29 is 9.53 Å². The fourth-order valence-corrected chi connectivity index (χ4v) is 3.63. The number of hydrogen-bond acceptors (Lipinski definition) is 3. The Balaban J connectivity index is 1.66. The van der Waals surface area contributed by atoms with E-state index >= 15 is 0 Å². The Bertz CT molecular complexity index is 536. The number of hydrogen-bond donors (Lipinski definition) is 0. The van der Waals surface area contributed by atoms with Crippen LogP contribution in [-0.2, 0) is 22.5 Å². The van der Waals surface area contributed by atoms with Crippen LogP contribution in [0.2, 0.25) is 0 Å². The zero-order chi connectivity index (χ0) is 15.7. The maximum Gasteiger partial charge on any atom is 0.239 e. The summed E-state index contributed by atoms with van der Waals surface area (Å²) in [5.74, 6) is 0.237. The van der Waals surface area contributed by atoms with E-state index in [2.05, 4.69) is 29.2 Å². The van der Waals surface area contributed by atoms with Gasteiger partial charge in [-0.2, -0.15) is 0 Å². The van der Waals surface area contributed by atoms with Gasteiger partial charge < -0.3 is 9.64 Å². The van der Waals surface area contributed by atoms with Crippen LogP contribution in [0.25, 0.3) is 0 Å². The molecule has 2 aliphatic heterocycles. The smallest absolute Gasteiger partial charge is 0.239 e. The van der Waals surface area contributed by atoms with E-state index in [1.807, 2.05) is 25.7 Å². The molecule has 1 amide bonds. The van der Waals surface area contributed by atoms with Gasteiger partial charge in [0.25, 0.3) is 0 Å². The Morgan fingerprint density at radius 3 is 2.50 bits per heavy atom. The molecular formula is C18H26N2O2. The normalized spacial score (nSPS) is 27.3. The number of amides is 1. The van der Waals surface area contributed by atoms with Crippen molar-refractivity contribution in [3.8, 4) is 0 Å². The zero-order valence-electron chi connectivity index (χ0n) is 13.8. The lowest BCUT2D eigenvalue weighted by atomic mass is 9.98. The molecule has 3 rings (SSSR count). The van der Waals surface area contributed by atoms with Crippen molar-refractivity contribution in [2.45, 2.75) is 52.0 Å². The maximum absolute atomic E-state index is 12.8. The summed E-state index contributed by atoms with van der Waals surface area (Å²) in [6.45, 7) is 9.37. The fourth-order valence-electron chi connectivity index (χ4n) is 3.63. The first-order chi connectivity index (χ1) is 10.5. The lowest BCUT2D eigenvalue weighted by Crippen LogP contribution is -2.54. The Kier molecular flexibility index (Phi) is 4.50. The summed E-state index contributed by atoms with van der Waals surface area (Å²) in [5.41, 5.74) is 2.78. The molecule has 0 spiro atoms. The number of benzene rings is 1. The number of nitrogens with zero attached hydrogens (tertiary/aromatic N) is 2. The summed E-state index contributed by atoms with van der Waals surface area (Å²) in [7, 11) is 0. The van der Waals surface area contributed by atoms with Gasteiger partial charge in [0.1, 0.15) is 0 Å². The molecular weight excluding hydrogens is 276 g/mol. The molecule has 1 aromatic rings. The Morgan fingerprint density at radius 2 is 1.82 bits per heavy atom. The van der Waals surface area contributed by atoms with Crippen LogP contribution in [0.5, 0.6) is 0 Å². The minimum atomic E-state index is -0.0640. The molecule has 120 valence electrons. The second kappa shape index (κ2) is 6.39. The molecule has 0 N–H and O–H groups in total. The van der Waals surface area contributed by atoms with E-state index < -0.39 is 0 Å². The van der Waals surface area contributed by atoms with Crippen LogP contribution in [-0.4, -0.2) is 53.6 Å². The molecule has 1 fully saturated rings. The number of ether oxygens (including phenoxy) is 1. The molecule has 0 saturated carbocycles. The van der Waals surface area contributed by atoms with Crippen molar-refractivity contribution in [1.82, 2.24) is 9.80 Å². The molecule has 3 atom stereocenters. The monoisotopic (exact) mass is 302 g/mol. The van der Waals surface area contributed by atoms with E-state index in [1.54, 1.807) is 0 Å². The fraction of sp³-hybridized carbons (Fsp3) is 0.611. The van der Waals surface area contributed by atoms with Crippen molar-refractivity contribution in [3.05, 3.63) is 35.4 Å². The van der Waals surface area contributed by atoms with Crippen molar-refractivity contribution in [2.24, 2.45) is 0 Å². The second-order valence-corrected chi connectivity index (χ2v) is 6.67. The van der Waals surface area contributed by atoms with Crippen molar-refractivity contribution in [3.63, 3.8) is 0 Å². The summed E-state index contributed by atoms with van der Waals surface area (Å²) in [4.78, 5) is 17.1. The average Bonchev–Trinajstić information content (AvgIpc) is 2.52.